The Bertz CT molecular complexity index is 838. The Kier molecular flexibility index (Phi) is 3.10. The van der Waals surface area contributed by atoms with Crippen molar-refractivity contribution in [2.45, 2.75) is 9.92 Å². The number of fused-ring (bicyclic) bond motifs is 1. The highest BCUT2D eigenvalue weighted by Gasteiger charge is 2.23. The Morgan fingerprint density at radius 2 is 1.53 bits per heavy atom. The molecule has 0 saturated heterocycles. The van der Waals surface area contributed by atoms with E-state index in [1.165, 1.54) is 0 Å². The highest BCUT2D eigenvalue weighted by molar-refractivity contribution is 14.1. The number of rotatable bonds is 2. The van der Waals surface area contributed by atoms with E-state index in [9.17, 15) is 8.42 Å². The summed E-state index contributed by atoms with van der Waals surface area (Å²) in [7, 11) is -3.49. The molecule has 0 spiro atoms. The predicted molar refractivity (Wildman–Crippen MR) is 82.9 cm³/mol. The van der Waals surface area contributed by atoms with Gasteiger partial charge >= 0.3 is 0 Å². The fourth-order valence-corrected chi connectivity index (χ4v) is 4.80. The van der Waals surface area contributed by atoms with Crippen LogP contribution >= 0.6 is 22.6 Å². The van der Waals surface area contributed by atoms with Gasteiger partial charge in [0.1, 0.15) is 0 Å². The molecule has 96 valence electrons. The number of benzene rings is 2. The molecule has 0 saturated carbocycles. The lowest BCUT2D eigenvalue weighted by Gasteiger charge is -2.02. The molecular weight excluding hydrogens is 373 g/mol. The molecule has 3 rings (SSSR count). The zero-order valence-electron chi connectivity index (χ0n) is 9.80. The number of hydrogen-bond donors (Lipinski definition) is 1. The van der Waals surface area contributed by atoms with E-state index in [0.717, 1.165) is 14.5 Å². The number of H-pyrrole nitrogens is 1. The van der Waals surface area contributed by atoms with Gasteiger partial charge in [0.2, 0.25) is 9.84 Å². The van der Waals surface area contributed by atoms with Crippen LogP contribution in [0.25, 0.3) is 10.9 Å². The number of aromatic nitrogens is 1. The third kappa shape index (κ3) is 2.06. The predicted octanol–water partition coefficient (Wildman–Crippen LogP) is 3.61. The molecule has 1 N–H and O–H groups in total. The van der Waals surface area contributed by atoms with Crippen molar-refractivity contribution in [2.75, 3.05) is 0 Å². The van der Waals surface area contributed by atoms with Crippen LogP contribution < -0.4 is 0 Å². The summed E-state index contributed by atoms with van der Waals surface area (Å²) in [5.41, 5.74) is 0.835. The molecule has 2 aromatic carbocycles. The monoisotopic (exact) mass is 383 g/mol. The van der Waals surface area contributed by atoms with Gasteiger partial charge < -0.3 is 4.98 Å². The van der Waals surface area contributed by atoms with Gasteiger partial charge in [0, 0.05) is 10.9 Å². The molecule has 0 amide bonds. The van der Waals surface area contributed by atoms with Crippen LogP contribution in [0.5, 0.6) is 0 Å². The maximum absolute atomic E-state index is 12.6. The highest BCUT2D eigenvalue weighted by Crippen LogP contribution is 2.30. The molecule has 0 bridgehead atoms. The minimum absolute atomic E-state index is 0.264. The zero-order chi connectivity index (χ0) is 13.5. The minimum atomic E-state index is -3.49. The molecule has 0 fully saturated rings. The number of aromatic amines is 1. The molecule has 1 aromatic heterocycles. The van der Waals surface area contributed by atoms with Crippen LogP contribution in [-0.4, -0.2) is 13.4 Å². The van der Waals surface area contributed by atoms with Crippen LogP contribution in [0.15, 0.2) is 64.5 Å². The van der Waals surface area contributed by atoms with Crippen molar-refractivity contribution in [1.29, 1.82) is 0 Å². The standard InChI is InChI=1S/C14H10INO2S/c15-13-11-8-4-5-9-12(11)16-14(13)19(17,18)10-6-2-1-3-7-10/h1-9,16H. The average Bonchev–Trinajstić information content (AvgIpc) is 2.78. The molecule has 1 heterocycles. The molecule has 0 radical (unpaired) electrons. The van der Waals surface area contributed by atoms with Gasteiger partial charge in [-0.1, -0.05) is 36.4 Å². The quantitative estimate of drug-likeness (QED) is 0.688. The van der Waals surface area contributed by atoms with E-state index >= 15 is 0 Å². The lowest BCUT2D eigenvalue weighted by atomic mass is 10.3. The molecule has 3 nitrogen and oxygen atoms in total. The summed E-state index contributed by atoms with van der Waals surface area (Å²) < 4.78 is 25.9. The number of sulfone groups is 1. The van der Waals surface area contributed by atoms with Crippen LogP contribution in [0.2, 0.25) is 0 Å². The summed E-state index contributed by atoms with van der Waals surface area (Å²) in [5, 5.41) is 1.19. The lowest BCUT2D eigenvalue weighted by Crippen LogP contribution is -2.03. The summed E-state index contributed by atoms with van der Waals surface area (Å²) in [6.07, 6.45) is 0. The fourth-order valence-electron chi connectivity index (χ4n) is 1.99. The van der Waals surface area contributed by atoms with Gasteiger partial charge in [-0.2, -0.15) is 0 Å². The Balaban J connectivity index is 2.28. The smallest absolute Gasteiger partial charge is 0.222 e. The Morgan fingerprint density at radius 3 is 2.21 bits per heavy atom. The van der Waals surface area contributed by atoms with Crippen LogP contribution in [-0.2, 0) is 9.84 Å². The number of nitrogens with one attached hydrogen (secondary N) is 1. The van der Waals surface area contributed by atoms with Crippen LogP contribution in [0.1, 0.15) is 0 Å². The maximum Gasteiger partial charge on any atom is 0.222 e. The molecule has 0 unspecified atom stereocenters. The number of halogens is 1. The van der Waals surface area contributed by atoms with Crippen LogP contribution in [0.4, 0.5) is 0 Å². The first-order chi connectivity index (χ1) is 9.10. The van der Waals surface area contributed by atoms with Crippen LogP contribution in [0.3, 0.4) is 0 Å². The van der Waals surface area contributed by atoms with Gasteiger partial charge in [0.05, 0.1) is 8.47 Å². The first-order valence-corrected chi connectivity index (χ1v) is 8.23. The summed E-state index contributed by atoms with van der Waals surface area (Å²) in [6.45, 7) is 0. The van der Waals surface area contributed by atoms with Crippen molar-refractivity contribution < 1.29 is 8.42 Å². The second-order valence-electron chi connectivity index (χ2n) is 4.13. The van der Waals surface area contributed by atoms with Crippen molar-refractivity contribution in [1.82, 2.24) is 4.98 Å². The highest BCUT2D eigenvalue weighted by atomic mass is 127. The fraction of sp³-hybridized carbons (Fsp3) is 0. The third-order valence-electron chi connectivity index (χ3n) is 2.93. The minimum Gasteiger partial charge on any atom is -0.344 e. The Labute approximate surface area is 124 Å². The number of hydrogen-bond acceptors (Lipinski definition) is 2. The van der Waals surface area contributed by atoms with E-state index in [4.69, 9.17) is 0 Å². The second-order valence-corrected chi connectivity index (χ2v) is 7.10. The normalized spacial score (nSPS) is 11.8. The Morgan fingerprint density at radius 1 is 0.895 bits per heavy atom. The molecule has 3 aromatic rings. The summed E-state index contributed by atoms with van der Waals surface area (Å²) >= 11 is 2.08. The zero-order valence-corrected chi connectivity index (χ0v) is 12.8. The first-order valence-electron chi connectivity index (χ1n) is 5.67. The topological polar surface area (TPSA) is 49.9 Å². The number of para-hydroxylation sites is 1. The first kappa shape index (κ1) is 12.7. The van der Waals surface area contributed by atoms with Gasteiger partial charge in [-0.05, 0) is 40.8 Å². The van der Waals surface area contributed by atoms with E-state index in [1.54, 1.807) is 30.3 Å². The maximum atomic E-state index is 12.6. The van der Waals surface area contributed by atoms with Crippen LogP contribution in [0, 0.1) is 3.57 Å². The van der Waals surface area contributed by atoms with Gasteiger partial charge in [0.25, 0.3) is 0 Å². The summed E-state index contributed by atoms with van der Waals surface area (Å²) in [4.78, 5) is 3.31. The molecule has 0 aliphatic carbocycles. The van der Waals surface area contributed by atoms with Crippen molar-refractivity contribution in [2.24, 2.45) is 0 Å². The second kappa shape index (κ2) is 4.64. The molecular formula is C14H10INO2S. The van der Waals surface area contributed by atoms with Crippen molar-refractivity contribution in [3.8, 4) is 0 Å². The summed E-state index contributed by atoms with van der Waals surface area (Å²) in [6, 6.07) is 16.0. The van der Waals surface area contributed by atoms with Gasteiger partial charge in [-0.25, -0.2) is 8.42 Å². The van der Waals surface area contributed by atoms with E-state index in [-0.39, 0.29) is 5.03 Å². The largest absolute Gasteiger partial charge is 0.344 e. The van der Waals surface area contributed by atoms with E-state index in [2.05, 4.69) is 27.6 Å². The molecule has 0 atom stereocenters. The average molecular weight is 383 g/mol. The van der Waals surface area contributed by atoms with E-state index < -0.39 is 9.84 Å². The molecule has 0 aliphatic rings. The van der Waals surface area contributed by atoms with E-state index in [1.807, 2.05) is 24.3 Å². The molecule has 5 heteroatoms. The lowest BCUT2D eigenvalue weighted by molar-refractivity contribution is 0.593. The summed E-state index contributed by atoms with van der Waals surface area (Å²) in [5.74, 6) is 0. The molecule has 0 aliphatic heterocycles. The van der Waals surface area contributed by atoms with Crippen molar-refractivity contribution >= 4 is 43.3 Å². The third-order valence-corrected chi connectivity index (χ3v) is 6.16. The van der Waals surface area contributed by atoms with Gasteiger partial charge in [0.15, 0.2) is 5.03 Å². The van der Waals surface area contributed by atoms with E-state index in [0.29, 0.717) is 4.90 Å². The van der Waals surface area contributed by atoms with Crippen molar-refractivity contribution in [3.05, 3.63) is 58.2 Å². The van der Waals surface area contributed by atoms with Gasteiger partial charge in [-0.3, -0.25) is 0 Å². The Hall–Kier alpha value is -1.34. The van der Waals surface area contributed by atoms with Crippen molar-refractivity contribution in [3.63, 3.8) is 0 Å². The molecule has 19 heavy (non-hydrogen) atoms. The SMILES string of the molecule is O=S(=O)(c1ccccc1)c1[nH]c2ccccc2c1I. The van der Waals surface area contributed by atoms with Gasteiger partial charge in [-0.15, -0.1) is 0 Å².